The standard InChI is InChI=1S/C21H20N4O2S/c22-20-19-18(16-6-2-1-3-7-16)12-25(21(19)24-14-23-20)17-8-4-5-15(11-17)13-28(27)10-9-26/h1-8,11-12,14,26H,9-10,13H2,(H2,22,23,24). The molecule has 0 aliphatic rings. The number of fused-ring (bicyclic) bond motifs is 1. The zero-order valence-corrected chi connectivity index (χ0v) is 16.0. The van der Waals surface area contributed by atoms with E-state index >= 15 is 0 Å². The minimum Gasteiger partial charge on any atom is -0.395 e. The van der Waals surface area contributed by atoms with Crippen molar-refractivity contribution < 1.29 is 9.32 Å². The molecule has 0 aliphatic carbocycles. The van der Waals surface area contributed by atoms with Crippen LogP contribution in [0.3, 0.4) is 0 Å². The summed E-state index contributed by atoms with van der Waals surface area (Å²) in [6.45, 7) is -0.0782. The predicted octanol–water partition coefficient (Wildman–Crippen LogP) is 2.91. The van der Waals surface area contributed by atoms with Gasteiger partial charge in [-0.2, -0.15) is 0 Å². The molecule has 0 aliphatic heterocycles. The molecule has 142 valence electrons. The van der Waals surface area contributed by atoms with Crippen LogP contribution < -0.4 is 5.73 Å². The van der Waals surface area contributed by atoms with Gasteiger partial charge in [0.2, 0.25) is 0 Å². The van der Waals surface area contributed by atoms with Crippen molar-refractivity contribution in [3.8, 4) is 16.8 Å². The molecule has 0 saturated carbocycles. The number of benzene rings is 2. The van der Waals surface area contributed by atoms with Crippen molar-refractivity contribution in [2.75, 3.05) is 18.1 Å². The Kier molecular flexibility index (Phi) is 5.18. The Morgan fingerprint density at radius 2 is 1.89 bits per heavy atom. The third kappa shape index (κ3) is 3.54. The Balaban J connectivity index is 1.84. The molecule has 28 heavy (non-hydrogen) atoms. The molecular weight excluding hydrogens is 372 g/mol. The summed E-state index contributed by atoms with van der Waals surface area (Å²) >= 11 is 0. The minimum absolute atomic E-state index is 0.0782. The summed E-state index contributed by atoms with van der Waals surface area (Å²) in [5.74, 6) is 1.11. The topological polar surface area (TPSA) is 94.0 Å². The van der Waals surface area contributed by atoms with E-state index in [0.29, 0.717) is 11.6 Å². The van der Waals surface area contributed by atoms with E-state index in [1.54, 1.807) is 0 Å². The summed E-state index contributed by atoms with van der Waals surface area (Å²) in [7, 11) is -1.10. The lowest BCUT2D eigenvalue weighted by atomic mass is 10.1. The lowest BCUT2D eigenvalue weighted by Gasteiger charge is -2.07. The highest BCUT2D eigenvalue weighted by molar-refractivity contribution is 7.84. The van der Waals surface area contributed by atoms with Gasteiger partial charge < -0.3 is 15.4 Å². The van der Waals surface area contributed by atoms with E-state index in [9.17, 15) is 4.21 Å². The van der Waals surface area contributed by atoms with Crippen LogP contribution in [0.15, 0.2) is 67.1 Å². The van der Waals surface area contributed by atoms with E-state index in [1.165, 1.54) is 6.33 Å². The zero-order chi connectivity index (χ0) is 19.5. The summed E-state index contributed by atoms with van der Waals surface area (Å²) in [6, 6.07) is 17.8. The van der Waals surface area contributed by atoms with E-state index in [-0.39, 0.29) is 12.4 Å². The number of nitrogens with two attached hydrogens (primary N) is 1. The molecule has 1 atom stereocenters. The average Bonchev–Trinajstić information content (AvgIpc) is 3.10. The lowest BCUT2D eigenvalue weighted by molar-refractivity contribution is 0.321. The summed E-state index contributed by atoms with van der Waals surface area (Å²) < 4.78 is 14.0. The molecule has 0 bridgehead atoms. The van der Waals surface area contributed by atoms with E-state index in [0.717, 1.165) is 33.4 Å². The van der Waals surface area contributed by atoms with Gasteiger partial charge >= 0.3 is 0 Å². The summed E-state index contributed by atoms with van der Waals surface area (Å²) in [6.07, 6.45) is 3.47. The van der Waals surface area contributed by atoms with Gasteiger partial charge in [-0.15, -0.1) is 0 Å². The fourth-order valence-electron chi connectivity index (χ4n) is 3.27. The predicted molar refractivity (Wildman–Crippen MR) is 113 cm³/mol. The number of aliphatic hydroxyl groups is 1. The van der Waals surface area contributed by atoms with Crippen molar-refractivity contribution in [2.45, 2.75) is 5.75 Å². The maximum atomic E-state index is 12.0. The second kappa shape index (κ2) is 7.92. The normalized spacial score (nSPS) is 12.3. The van der Waals surface area contributed by atoms with E-state index in [1.807, 2.05) is 65.4 Å². The second-order valence-electron chi connectivity index (χ2n) is 6.42. The number of aliphatic hydroxyl groups excluding tert-OH is 1. The number of hydrogen-bond donors (Lipinski definition) is 2. The van der Waals surface area contributed by atoms with Gasteiger partial charge in [-0.3, -0.25) is 4.21 Å². The van der Waals surface area contributed by atoms with Crippen LogP contribution >= 0.6 is 0 Å². The van der Waals surface area contributed by atoms with Gasteiger partial charge in [0.25, 0.3) is 0 Å². The molecular formula is C21H20N4O2S. The van der Waals surface area contributed by atoms with Crippen molar-refractivity contribution in [3.05, 3.63) is 72.7 Å². The first-order chi connectivity index (χ1) is 13.7. The molecule has 0 spiro atoms. The third-order valence-corrected chi connectivity index (χ3v) is 5.83. The van der Waals surface area contributed by atoms with Crippen molar-refractivity contribution in [1.29, 1.82) is 0 Å². The van der Waals surface area contributed by atoms with Gasteiger partial charge in [0, 0.05) is 39.8 Å². The second-order valence-corrected chi connectivity index (χ2v) is 7.99. The van der Waals surface area contributed by atoms with Crippen LogP contribution in [0, 0.1) is 0 Å². The smallest absolute Gasteiger partial charge is 0.150 e. The molecule has 0 fully saturated rings. The molecule has 2 aromatic carbocycles. The van der Waals surface area contributed by atoms with Crippen LogP contribution in [0.5, 0.6) is 0 Å². The Morgan fingerprint density at radius 3 is 2.68 bits per heavy atom. The van der Waals surface area contributed by atoms with E-state index < -0.39 is 10.8 Å². The highest BCUT2D eigenvalue weighted by Crippen LogP contribution is 2.34. The molecule has 3 N–H and O–H groups in total. The van der Waals surface area contributed by atoms with Gasteiger partial charge in [0.05, 0.1) is 12.0 Å². The largest absolute Gasteiger partial charge is 0.395 e. The maximum absolute atomic E-state index is 12.0. The first-order valence-electron chi connectivity index (χ1n) is 8.89. The Morgan fingerprint density at radius 1 is 1.07 bits per heavy atom. The molecule has 0 amide bonds. The molecule has 2 heterocycles. The van der Waals surface area contributed by atoms with Crippen LogP contribution in [0.25, 0.3) is 27.8 Å². The molecule has 2 aromatic heterocycles. The number of nitrogens with zero attached hydrogens (tertiary/aromatic N) is 3. The van der Waals surface area contributed by atoms with Crippen molar-refractivity contribution in [2.24, 2.45) is 0 Å². The number of rotatable bonds is 6. The van der Waals surface area contributed by atoms with E-state index in [4.69, 9.17) is 10.8 Å². The minimum atomic E-state index is -1.10. The summed E-state index contributed by atoms with van der Waals surface area (Å²) in [5, 5.41) is 9.79. The molecule has 0 radical (unpaired) electrons. The van der Waals surface area contributed by atoms with Gasteiger partial charge in [-0.25, -0.2) is 9.97 Å². The van der Waals surface area contributed by atoms with Crippen LogP contribution in [-0.4, -0.2) is 36.2 Å². The molecule has 0 saturated heterocycles. The first-order valence-corrected chi connectivity index (χ1v) is 10.4. The highest BCUT2D eigenvalue weighted by Gasteiger charge is 2.16. The zero-order valence-electron chi connectivity index (χ0n) is 15.2. The van der Waals surface area contributed by atoms with Crippen molar-refractivity contribution >= 4 is 27.7 Å². The number of hydrogen-bond acceptors (Lipinski definition) is 5. The molecule has 4 rings (SSSR count). The quantitative estimate of drug-likeness (QED) is 0.526. The van der Waals surface area contributed by atoms with Gasteiger partial charge in [-0.05, 0) is 23.3 Å². The number of nitrogen functional groups attached to an aromatic ring is 1. The number of anilines is 1. The number of aromatic nitrogens is 3. The van der Waals surface area contributed by atoms with Crippen LogP contribution in [0.2, 0.25) is 0 Å². The maximum Gasteiger partial charge on any atom is 0.150 e. The van der Waals surface area contributed by atoms with Gasteiger partial charge in [0.15, 0.2) is 5.65 Å². The van der Waals surface area contributed by atoms with Crippen LogP contribution in [0.4, 0.5) is 5.82 Å². The van der Waals surface area contributed by atoms with Crippen molar-refractivity contribution in [1.82, 2.24) is 14.5 Å². The van der Waals surface area contributed by atoms with Gasteiger partial charge in [-0.1, -0.05) is 42.5 Å². The SMILES string of the molecule is Nc1ncnc2c1c(-c1ccccc1)cn2-c1cccc(CS(=O)CCO)c1. The summed E-state index contributed by atoms with van der Waals surface area (Å²) in [5.41, 5.74) is 10.8. The average molecular weight is 392 g/mol. The van der Waals surface area contributed by atoms with Crippen LogP contribution in [-0.2, 0) is 16.6 Å². The molecule has 6 nitrogen and oxygen atoms in total. The Hall–Kier alpha value is -3.03. The monoisotopic (exact) mass is 392 g/mol. The summed E-state index contributed by atoms with van der Waals surface area (Å²) in [4.78, 5) is 8.63. The Labute approximate surface area is 165 Å². The van der Waals surface area contributed by atoms with Gasteiger partial charge in [0.1, 0.15) is 12.1 Å². The molecule has 1 unspecified atom stereocenters. The fourth-order valence-corrected chi connectivity index (χ4v) is 4.17. The Bertz CT molecular complexity index is 1140. The third-order valence-electron chi connectivity index (χ3n) is 4.53. The lowest BCUT2D eigenvalue weighted by Crippen LogP contribution is -2.05. The molecule has 4 aromatic rings. The first kappa shape index (κ1) is 18.3. The van der Waals surface area contributed by atoms with Crippen molar-refractivity contribution in [3.63, 3.8) is 0 Å². The van der Waals surface area contributed by atoms with E-state index in [2.05, 4.69) is 9.97 Å². The molecule has 7 heteroatoms. The van der Waals surface area contributed by atoms with Crippen LogP contribution in [0.1, 0.15) is 5.56 Å². The highest BCUT2D eigenvalue weighted by atomic mass is 32.2. The fraction of sp³-hybridized carbons (Fsp3) is 0.143.